The van der Waals surface area contributed by atoms with Gasteiger partial charge in [0.2, 0.25) is 0 Å². The minimum absolute atomic E-state index is 0.150. The average molecular weight is 231 g/mol. The van der Waals surface area contributed by atoms with Crippen LogP contribution < -0.4 is 5.73 Å². The van der Waals surface area contributed by atoms with Crippen LogP contribution in [0, 0.1) is 0 Å². The van der Waals surface area contributed by atoms with E-state index in [1.54, 1.807) is 19.1 Å². The number of rotatable bonds is 3. The van der Waals surface area contributed by atoms with Crippen molar-refractivity contribution < 1.29 is 13.0 Å². The van der Waals surface area contributed by atoms with Crippen molar-refractivity contribution in [2.75, 3.05) is 0 Å². The molecule has 0 spiro atoms. The third-order valence-corrected chi connectivity index (χ3v) is 1.89. The van der Waals surface area contributed by atoms with Crippen LogP contribution >= 0.6 is 11.6 Å². The molecule has 15 heavy (non-hydrogen) atoms. The maximum Gasteiger partial charge on any atom is 0.616 e. The summed E-state index contributed by atoms with van der Waals surface area (Å²) in [6, 6.07) is 3.38. The van der Waals surface area contributed by atoms with Crippen molar-refractivity contribution in [3.63, 3.8) is 0 Å². The highest BCUT2D eigenvalue weighted by Gasteiger charge is 2.15. The zero-order valence-electron chi connectivity index (χ0n) is 7.85. The molecule has 0 radical (unpaired) electrons. The van der Waals surface area contributed by atoms with Crippen molar-refractivity contribution in [3.05, 3.63) is 24.2 Å². The Bertz CT molecular complexity index is 366. The normalized spacial score (nSPS) is 13.0. The third kappa shape index (κ3) is 4.15. The number of amidine groups is 1. The molecule has 1 aromatic heterocycles. The topological polar surface area (TPSA) is 63.9 Å². The predicted octanol–water partition coefficient (Wildman–Crippen LogP) is 1.98. The van der Waals surface area contributed by atoms with Gasteiger partial charge in [-0.1, -0.05) is 11.6 Å². The van der Waals surface area contributed by atoms with Gasteiger partial charge in [-0.2, -0.15) is 0 Å². The highest BCUT2D eigenvalue weighted by atomic mass is 32.2. The van der Waals surface area contributed by atoms with Gasteiger partial charge in [-0.3, -0.25) is 8.63 Å². The van der Waals surface area contributed by atoms with Gasteiger partial charge in [0.25, 0.3) is 0 Å². The van der Waals surface area contributed by atoms with Crippen molar-refractivity contribution >= 4 is 29.0 Å². The number of hydrogen-bond donors (Lipinski definition) is 1. The lowest BCUT2D eigenvalue weighted by molar-refractivity contribution is 0.557. The molecule has 0 aromatic carbocycles. The third-order valence-electron chi connectivity index (χ3n) is 1.39. The smallest absolute Gasteiger partial charge is 0.463 e. The predicted molar refractivity (Wildman–Crippen MR) is 58.1 cm³/mol. The highest BCUT2D eigenvalue weighted by molar-refractivity contribution is 8.35. The fourth-order valence-electron chi connectivity index (χ4n) is 0.773. The van der Waals surface area contributed by atoms with E-state index in [2.05, 4.69) is 10.2 Å². The molecule has 0 aliphatic carbocycles. The highest BCUT2D eigenvalue weighted by Crippen LogP contribution is 2.09. The minimum Gasteiger partial charge on any atom is -0.463 e. The number of nitrogens with zero attached hydrogens (tertiary/aromatic N) is 2. The van der Waals surface area contributed by atoms with Crippen LogP contribution in [0.5, 0.6) is 0 Å². The molecule has 1 heterocycles. The Morgan fingerprint density at radius 2 is 2.27 bits per heavy atom. The largest absolute Gasteiger partial charge is 0.616 e. The maximum atomic E-state index is 11.8. The van der Waals surface area contributed by atoms with E-state index in [4.69, 9.17) is 10.2 Å². The number of halogens is 2. The SMILES string of the molecule is C/C(=N\N=C(\N)SB(F)F)c1ccco1. The summed E-state index contributed by atoms with van der Waals surface area (Å²) in [5.41, 5.74) is 5.64. The molecule has 1 rings (SSSR count). The summed E-state index contributed by atoms with van der Waals surface area (Å²) in [5.74, 6) is 0.522. The molecule has 2 N–H and O–H groups in total. The van der Waals surface area contributed by atoms with E-state index in [-0.39, 0.29) is 16.8 Å². The van der Waals surface area contributed by atoms with E-state index >= 15 is 0 Å². The van der Waals surface area contributed by atoms with Crippen LogP contribution in [0.3, 0.4) is 0 Å². The minimum atomic E-state index is -2.59. The molecule has 0 aliphatic rings. The van der Waals surface area contributed by atoms with Crippen LogP contribution in [0.2, 0.25) is 0 Å². The molecule has 0 saturated heterocycles. The van der Waals surface area contributed by atoms with Gasteiger partial charge < -0.3 is 10.2 Å². The van der Waals surface area contributed by atoms with Gasteiger partial charge in [0, 0.05) is 0 Å². The first kappa shape index (κ1) is 11.8. The van der Waals surface area contributed by atoms with Crippen LogP contribution in [-0.2, 0) is 0 Å². The summed E-state index contributed by atoms with van der Waals surface area (Å²) in [6.45, 7) is -0.948. The molecular formula is C7H8BF2N3OS. The van der Waals surface area contributed by atoms with Gasteiger partial charge in [0.1, 0.15) is 11.5 Å². The van der Waals surface area contributed by atoms with Crippen LogP contribution in [0.15, 0.2) is 33.0 Å². The van der Waals surface area contributed by atoms with Gasteiger partial charge in [-0.15, -0.1) is 10.2 Å². The van der Waals surface area contributed by atoms with E-state index in [0.29, 0.717) is 11.5 Å². The fourth-order valence-corrected chi connectivity index (χ4v) is 1.04. The first-order chi connectivity index (χ1) is 7.09. The first-order valence-electron chi connectivity index (χ1n) is 3.96. The number of nitrogens with two attached hydrogens (primary N) is 1. The van der Waals surface area contributed by atoms with E-state index in [9.17, 15) is 8.63 Å². The van der Waals surface area contributed by atoms with Crippen LogP contribution in [0.25, 0.3) is 0 Å². The Morgan fingerprint density at radius 1 is 1.53 bits per heavy atom. The van der Waals surface area contributed by atoms with Crippen molar-refractivity contribution in [1.82, 2.24) is 0 Å². The quantitative estimate of drug-likeness (QED) is 0.374. The van der Waals surface area contributed by atoms with Gasteiger partial charge >= 0.3 is 6.55 Å². The Morgan fingerprint density at radius 3 is 2.80 bits per heavy atom. The maximum absolute atomic E-state index is 11.8. The Balaban J connectivity index is 2.64. The lowest BCUT2D eigenvalue weighted by Gasteiger charge is -1.94. The second kappa shape index (κ2) is 5.55. The van der Waals surface area contributed by atoms with Crippen LogP contribution in [0.1, 0.15) is 12.7 Å². The molecule has 0 unspecified atom stereocenters. The van der Waals surface area contributed by atoms with Crippen molar-refractivity contribution in [2.24, 2.45) is 15.9 Å². The average Bonchev–Trinajstić information content (AvgIpc) is 2.65. The zero-order chi connectivity index (χ0) is 11.3. The Hall–Kier alpha value is -1.31. The van der Waals surface area contributed by atoms with Gasteiger partial charge in [-0.05, 0) is 19.1 Å². The lowest BCUT2D eigenvalue weighted by atomic mass is 10.3. The van der Waals surface area contributed by atoms with E-state index in [1.165, 1.54) is 6.26 Å². The molecule has 80 valence electrons. The first-order valence-corrected chi connectivity index (χ1v) is 4.84. The summed E-state index contributed by atoms with van der Waals surface area (Å²) >= 11 is 0.150. The summed E-state index contributed by atoms with van der Waals surface area (Å²) in [4.78, 5) is 0. The van der Waals surface area contributed by atoms with Crippen molar-refractivity contribution in [1.29, 1.82) is 0 Å². The molecule has 8 heteroatoms. The molecule has 1 aromatic rings. The van der Waals surface area contributed by atoms with Crippen molar-refractivity contribution in [2.45, 2.75) is 6.92 Å². The number of furan rings is 1. The van der Waals surface area contributed by atoms with Gasteiger partial charge in [0.05, 0.1) is 6.26 Å². The Labute approximate surface area is 89.7 Å². The molecule has 0 saturated carbocycles. The monoisotopic (exact) mass is 231 g/mol. The second-order valence-corrected chi connectivity index (χ2v) is 3.49. The van der Waals surface area contributed by atoms with E-state index < -0.39 is 6.55 Å². The van der Waals surface area contributed by atoms with Gasteiger partial charge in [-0.25, -0.2) is 0 Å². The van der Waals surface area contributed by atoms with Gasteiger partial charge in [0.15, 0.2) is 5.17 Å². The molecule has 0 fully saturated rings. The lowest BCUT2D eigenvalue weighted by Crippen LogP contribution is -2.10. The van der Waals surface area contributed by atoms with Crippen LogP contribution in [-0.4, -0.2) is 17.4 Å². The molecule has 4 nitrogen and oxygen atoms in total. The zero-order valence-corrected chi connectivity index (χ0v) is 8.67. The molecule has 0 amide bonds. The summed E-state index contributed by atoms with van der Waals surface area (Å²) < 4.78 is 28.6. The van der Waals surface area contributed by atoms with Crippen LogP contribution in [0.4, 0.5) is 8.63 Å². The summed E-state index contributed by atoms with van der Waals surface area (Å²) in [6.07, 6.45) is 1.48. The molecule has 0 aliphatic heterocycles. The fraction of sp³-hybridized carbons (Fsp3) is 0.143. The van der Waals surface area contributed by atoms with E-state index in [1.807, 2.05) is 0 Å². The number of hydrogen-bond acceptors (Lipinski definition) is 4. The summed E-state index contributed by atoms with van der Waals surface area (Å²) in [7, 11) is 0. The second-order valence-electron chi connectivity index (χ2n) is 2.48. The van der Waals surface area contributed by atoms with E-state index in [0.717, 1.165) is 0 Å². The standard InChI is InChI=1S/C7H8BF2N3OS/c1-5(6-3-2-4-14-6)12-13-7(11)15-8(9)10/h2-4H,1H3,(H2,11,13)/b12-5+. The summed E-state index contributed by atoms with van der Waals surface area (Å²) in [5, 5.41) is 6.80. The Kier molecular flexibility index (Phi) is 4.35. The molecular weight excluding hydrogens is 223 g/mol. The molecule has 0 atom stereocenters. The molecule has 0 bridgehead atoms. The van der Waals surface area contributed by atoms with Crippen molar-refractivity contribution in [3.8, 4) is 0 Å².